The van der Waals surface area contributed by atoms with E-state index in [0.717, 1.165) is 38.5 Å². The van der Waals surface area contributed by atoms with E-state index in [9.17, 15) is 38.7 Å². The molecule has 1 aliphatic rings. The number of rotatable bonds is 37. The Morgan fingerprint density at radius 3 is 1.61 bits per heavy atom. The number of aliphatic hydroxyl groups is 5. The monoisotopic (exact) mass is 824 g/mol. The van der Waals surface area contributed by atoms with Crippen LogP contribution in [0.15, 0.2) is 12.2 Å². The summed E-state index contributed by atoms with van der Waals surface area (Å²) in [4.78, 5) is 13.0. The summed E-state index contributed by atoms with van der Waals surface area (Å²) < 4.78 is 47.4. The summed E-state index contributed by atoms with van der Waals surface area (Å²) in [5, 5.41) is 55.0. The van der Waals surface area contributed by atoms with Crippen molar-refractivity contribution in [2.45, 2.75) is 236 Å². The van der Waals surface area contributed by atoms with Gasteiger partial charge in [0.05, 0.1) is 25.4 Å². The van der Waals surface area contributed by atoms with Crippen molar-refractivity contribution in [1.82, 2.24) is 5.32 Å². The second kappa shape index (κ2) is 33.6. The van der Waals surface area contributed by atoms with Gasteiger partial charge in [0.1, 0.15) is 30.5 Å². The predicted molar refractivity (Wildman–Crippen MR) is 219 cm³/mol. The van der Waals surface area contributed by atoms with Crippen molar-refractivity contribution >= 4 is 16.3 Å². The van der Waals surface area contributed by atoms with Crippen LogP contribution in [0.3, 0.4) is 0 Å². The van der Waals surface area contributed by atoms with Gasteiger partial charge in [-0.2, -0.15) is 8.42 Å². The fourth-order valence-corrected chi connectivity index (χ4v) is 7.62. The molecular formula is C42H81NO12S. The van der Waals surface area contributed by atoms with Gasteiger partial charge in [-0.15, -0.1) is 0 Å². The number of hydrogen-bond donors (Lipinski definition) is 7. The molecule has 0 spiro atoms. The van der Waals surface area contributed by atoms with Gasteiger partial charge in [-0.25, -0.2) is 4.18 Å². The molecule has 1 amide bonds. The Morgan fingerprint density at radius 2 is 1.16 bits per heavy atom. The molecule has 0 bridgehead atoms. The molecule has 13 nitrogen and oxygen atoms in total. The van der Waals surface area contributed by atoms with Crippen LogP contribution < -0.4 is 5.32 Å². The van der Waals surface area contributed by atoms with Gasteiger partial charge in [0.2, 0.25) is 5.91 Å². The molecule has 1 saturated heterocycles. The molecule has 0 aromatic rings. The summed E-state index contributed by atoms with van der Waals surface area (Å²) in [6, 6.07) is -1.11. The van der Waals surface area contributed by atoms with E-state index in [-0.39, 0.29) is 6.42 Å². The molecule has 8 unspecified atom stereocenters. The zero-order valence-corrected chi connectivity index (χ0v) is 35.6. The topological polar surface area (TPSA) is 212 Å². The average Bonchev–Trinajstić information content (AvgIpc) is 3.16. The fraction of sp³-hybridized carbons (Fsp3) is 0.929. The summed E-state index contributed by atoms with van der Waals surface area (Å²) >= 11 is 0. The summed E-state index contributed by atoms with van der Waals surface area (Å²) in [6.45, 7) is 3.19. The summed E-state index contributed by atoms with van der Waals surface area (Å²) in [6.07, 6.45) is 23.0. The van der Waals surface area contributed by atoms with E-state index in [1.165, 1.54) is 122 Å². The number of hydrogen-bond acceptors (Lipinski definition) is 11. The lowest BCUT2D eigenvalue weighted by atomic mass is 9.99. The number of allylic oxidation sites excluding steroid dienone is 1. The van der Waals surface area contributed by atoms with Gasteiger partial charge in [0.15, 0.2) is 6.29 Å². The van der Waals surface area contributed by atoms with Crippen molar-refractivity contribution in [1.29, 1.82) is 0 Å². The second-order valence-corrected chi connectivity index (χ2v) is 16.8. The van der Waals surface area contributed by atoms with Gasteiger partial charge in [-0.1, -0.05) is 180 Å². The largest absolute Gasteiger partial charge is 0.397 e. The van der Waals surface area contributed by atoms with Crippen LogP contribution >= 0.6 is 0 Å². The van der Waals surface area contributed by atoms with Gasteiger partial charge in [-0.3, -0.25) is 9.35 Å². The summed E-state index contributed by atoms with van der Waals surface area (Å²) in [7, 11) is -5.11. The average molecular weight is 824 g/mol. The fourth-order valence-electron chi connectivity index (χ4n) is 7.11. The first-order chi connectivity index (χ1) is 26.9. The minimum absolute atomic E-state index is 0.246. The highest BCUT2D eigenvalue weighted by atomic mass is 32.3. The third kappa shape index (κ3) is 26.0. The van der Waals surface area contributed by atoms with Crippen molar-refractivity contribution in [2.75, 3.05) is 13.2 Å². The van der Waals surface area contributed by atoms with Gasteiger partial charge in [0.25, 0.3) is 0 Å². The SMILES string of the molecule is CCCCCCCCCCCCCCCCC/C=C/C(O)C(COC1OC(CO)C(O)C(OS(=O)(=O)O)C1O)NC(=O)C(O)CCCCCCCCCCCC. The van der Waals surface area contributed by atoms with Crippen molar-refractivity contribution in [3.8, 4) is 0 Å². The molecule has 1 rings (SSSR count). The summed E-state index contributed by atoms with van der Waals surface area (Å²) in [5.74, 6) is -0.703. The van der Waals surface area contributed by atoms with Crippen molar-refractivity contribution < 1.29 is 57.0 Å². The standard InChI is InChI=1S/C42H81NO12S/c1-3-5-7-9-11-13-15-16-17-18-19-20-21-23-24-26-28-30-35(45)34(43-41(49)36(46)31-29-27-25-22-14-12-10-8-6-4-2)33-53-42-39(48)40(55-56(50,51)52)38(47)37(32-44)54-42/h28,30,34-40,42,44-48H,3-27,29,31-33H2,1-2H3,(H,43,49)(H,50,51,52)/b30-28+. The molecule has 0 aromatic carbocycles. The highest BCUT2D eigenvalue weighted by molar-refractivity contribution is 7.80. The van der Waals surface area contributed by atoms with Gasteiger partial charge in [0, 0.05) is 0 Å². The highest BCUT2D eigenvalue weighted by Gasteiger charge is 2.48. The number of ether oxygens (including phenoxy) is 2. The highest BCUT2D eigenvalue weighted by Crippen LogP contribution is 2.26. The Balaban J connectivity index is 2.61. The molecule has 0 radical (unpaired) electrons. The van der Waals surface area contributed by atoms with Crippen molar-refractivity contribution in [2.24, 2.45) is 0 Å². The van der Waals surface area contributed by atoms with Crippen LogP contribution in [0.25, 0.3) is 0 Å². The first-order valence-corrected chi connectivity index (χ1v) is 23.5. The molecule has 1 heterocycles. The van der Waals surface area contributed by atoms with Gasteiger partial charge in [-0.05, 0) is 19.3 Å². The molecule has 56 heavy (non-hydrogen) atoms. The zero-order valence-electron chi connectivity index (χ0n) is 34.8. The number of nitrogens with one attached hydrogen (secondary N) is 1. The Kier molecular flexibility index (Phi) is 31.7. The van der Waals surface area contributed by atoms with Crippen molar-refractivity contribution in [3.05, 3.63) is 12.2 Å². The number of carbonyl (C=O) groups is 1. The van der Waals surface area contributed by atoms with Crippen LogP contribution in [0, 0.1) is 0 Å². The number of amides is 1. The van der Waals surface area contributed by atoms with E-state index in [0.29, 0.717) is 12.8 Å². The lowest BCUT2D eigenvalue weighted by Gasteiger charge is -2.41. The van der Waals surface area contributed by atoms with Crippen LogP contribution in [-0.2, 0) is 28.9 Å². The minimum atomic E-state index is -5.11. The molecule has 1 aliphatic heterocycles. The maximum Gasteiger partial charge on any atom is 0.397 e. The molecule has 14 heteroatoms. The Labute approximate surface area is 339 Å². The Hall–Kier alpha value is -1.20. The maximum atomic E-state index is 13.0. The molecule has 7 N–H and O–H groups in total. The second-order valence-electron chi connectivity index (χ2n) is 15.8. The van der Waals surface area contributed by atoms with E-state index in [1.807, 2.05) is 6.08 Å². The van der Waals surface area contributed by atoms with E-state index in [2.05, 4.69) is 23.3 Å². The molecular weight excluding hydrogens is 743 g/mol. The molecule has 8 atom stereocenters. The minimum Gasteiger partial charge on any atom is -0.394 e. The lowest BCUT2D eigenvalue weighted by molar-refractivity contribution is -0.298. The third-order valence-electron chi connectivity index (χ3n) is 10.7. The van der Waals surface area contributed by atoms with Crippen LogP contribution in [0.4, 0.5) is 0 Å². The molecule has 332 valence electrons. The number of carbonyl (C=O) groups excluding carboxylic acids is 1. The Bertz CT molecular complexity index is 1080. The third-order valence-corrected chi connectivity index (χ3v) is 11.1. The van der Waals surface area contributed by atoms with E-state index < -0.39 is 78.5 Å². The Morgan fingerprint density at radius 1 is 0.714 bits per heavy atom. The molecule has 0 aliphatic carbocycles. The van der Waals surface area contributed by atoms with Crippen LogP contribution in [0.1, 0.15) is 187 Å². The van der Waals surface area contributed by atoms with E-state index in [1.54, 1.807) is 0 Å². The predicted octanol–water partition coefficient (Wildman–Crippen LogP) is 6.97. The van der Waals surface area contributed by atoms with Crippen LogP contribution in [0.5, 0.6) is 0 Å². The van der Waals surface area contributed by atoms with Gasteiger partial charge >= 0.3 is 10.4 Å². The van der Waals surface area contributed by atoms with Crippen LogP contribution in [-0.4, -0.2) is 107 Å². The number of aliphatic hydroxyl groups excluding tert-OH is 5. The van der Waals surface area contributed by atoms with Crippen LogP contribution in [0.2, 0.25) is 0 Å². The molecule has 0 aromatic heterocycles. The lowest BCUT2D eigenvalue weighted by Crippen LogP contribution is -2.61. The van der Waals surface area contributed by atoms with Crippen molar-refractivity contribution in [3.63, 3.8) is 0 Å². The quantitative estimate of drug-likeness (QED) is 0.0192. The first-order valence-electron chi connectivity index (χ1n) is 22.2. The normalized spacial score (nSPS) is 22.0. The first kappa shape index (κ1) is 52.8. The van der Waals surface area contributed by atoms with Gasteiger partial charge < -0.3 is 40.3 Å². The van der Waals surface area contributed by atoms with E-state index in [4.69, 9.17) is 14.0 Å². The molecule has 0 saturated carbocycles. The zero-order chi connectivity index (χ0) is 41.4. The smallest absolute Gasteiger partial charge is 0.394 e. The summed E-state index contributed by atoms with van der Waals surface area (Å²) in [5.41, 5.74) is 0. The number of unbranched alkanes of at least 4 members (excludes halogenated alkanes) is 24. The van der Waals surface area contributed by atoms with E-state index >= 15 is 0 Å². The maximum absolute atomic E-state index is 13.0. The molecule has 1 fully saturated rings.